The van der Waals surface area contributed by atoms with E-state index in [2.05, 4.69) is 0 Å². The maximum absolute atomic E-state index is 12.5. The number of halogens is 3. The summed E-state index contributed by atoms with van der Waals surface area (Å²) in [6.07, 6.45) is -3.06. The summed E-state index contributed by atoms with van der Waals surface area (Å²) in [6.45, 7) is 0.993. The predicted molar refractivity (Wildman–Crippen MR) is 79.8 cm³/mol. The molecule has 0 N–H and O–H groups in total. The minimum Gasteiger partial charge on any atom is -0.318 e. The number of urea groups is 1. The first-order chi connectivity index (χ1) is 11.1. The number of hydrogen-bond acceptors (Lipinski definition) is 3. The highest BCUT2D eigenvalue weighted by Crippen LogP contribution is 2.29. The molecule has 8 heteroatoms. The van der Waals surface area contributed by atoms with Crippen molar-refractivity contribution in [2.45, 2.75) is 13.1 Å². The number of likely N-dealkylation sites (N-methyl/N-ethyl adjacent to an activating group) is 1. The summed E-state index contributed by atoms with van der Waals surface area (Å²) < 4.78 is 37.6. The molecule has 1 aromatic rings. The molecule has 0 aliphatic carbocycles. The van der Waals surface area contributed by atoms with Crippen LogP contribution >= 0.6 is 0 Å². The van der Waals surface area contributed by atoms with Gasteiger partial charge in [-0.25, -0.2) is 4.79 Å². The number of Topliss-reactive ketones (excluding diaryl/α,β-unsaturated/α-hetero) is 1. The van der Waals surface area contributed by atoms with Crippen LogP contribution < -0.4 is 0 Å². The summed E-state index contributed by atoms with van der Waals surface area (Å²) in [7, 11) is 1.47. The van der Waals surface area contributed by atoms with E-state index >= 15 is 0 Å². The van der Waals surface area contributed by atoms with Crippen LogP contribution in [0.25, 0.3) is 6.08 Å². The van der Waals surface area contributed by atoms with Crippen LogP contribution in [0.2, 0.25) is 0 Å². The van der Waals surface area contributed by atoms with Crippen molar-refractivity contribution in [2.24, 2.45) is 0 Å². The summed E-state index contributed by atoms with van der Waals surface area (Å²) in [6, 6.07) is 3.75. The third kappa shape index (κ3) is 3.81. The molecule has 0 saturated carbocycles. The lowest BCUT2D eigenvalue weighted by molar-refractivity contribution is -0.137. The fourth-order valence-electron chi connectivity index (χ4n) is 2.22. The molecule has 128 valence electrons. The quantitative estimate of drug-likeness (QED) is 0.625. The Morgan fingerprint density at radius 3 is 2.21 bits per heavy atom. The zero-order valence-corrected chi connectivity index (χ0v) is 13.1. The van der Waals surface area contributed by atoms with E-state index in [0.29, 0.717) is 5.56 Å². The third-order valence-corrected chi connectivity index (χ3v) is 3.59. The molecule has 1 saturated heterocycles. The fourth-order valence-corrected chi connectivity index (χ4v) is 2.22. The van der Waals surface area contributed by atoms with Gasteiger partial charge in [-0.3, -0.25) is 14.5 Å². The molecule has 5 nitrogen and oxygen atoms in total. The minimum atomic E-state index is -4.44. The normalized spacial score (nSPS) is 16.1. The van der Waals surface area contributed by atoms with Crippen molar-refractivity contribution in [3.63, 3.8) is 0 Å². The van der Waals surface area contributed by atoms with E-state index in [1.807, 2.05) is 0 Å². The fraction of sp³-hybridized carbons (Fsp3) is 0.312. The number of hydrogen-bond donors (Lipinski definition) is 0. The zero-order chi connectivity index (χ0) is 18.1. The number of nitrogens with zero attached hydrogens (tertiary/aromatic N) is 2. The molecule has 0 bridgehead atoms. The summed E-state index contributed by atoms with van der Waals surface area (Å²) >= 11 is 0. The number of alkyl halides is 3. The van der Waals surface area contributed by atoms with Gasteiger partial charge in [0.1, 0.15) is 6.54 Å². The molecule has 1 aromatic carbocycles. The Hall–Kier alpha value is -2.64. The van der Waals surface area contributed by atoms with Crippen molar-refractivity contribution in [3.05, 3.63) is 41.0 Å². The van der Waals surface area contributed by atoms with Gasteiger partial charge in [0.15, 0.2) is 5.78 Å². The number of amides is 3. The Labute approximate surface area is 136 Å². The standard InChI is InChI=1S/C16H15F3N2O3/c1-10(22)12(8-21-14(23)9-20(2)15(21)24)7-11-3-5-13(6-4-11)16(17,18)19/h3-7H,8-9H2,1-2H3/b12-7+. The molecule has 2 rings (SSSR count). The Morgan fingerprint density at radius 1 is 1.21 bits per heavy atom. The van der Waals surface area contributed by atoms with Crippen LogP contribution in [0.1, 0.15) is 18.1 Å². The second kappa shape index (κ2) is 6.46. The number of carbonyl (C=O) groups excluding carboxylic acids is 3. The molecule has 1 heterocycles. The lowest BCUT2D eigenvalue weighted by Gasteiger charge is -2.15. The Bertz CT molecular complexity index is 708. The molecular formula is C16H15F3N2O3. The maximum atomic E-state index is 12.5. The predicted octanol–water partition coefficient (Wildman–Crippen LogP) is 2.57. The minimum absolute atomic E-state index is 0.0652. The van der Waals surface area contributed by atoms with Crippen molar-refractivity contribution in [3.8, 4) is 0 Å². The molecule has 1 aliphatic rings. The van der Waals surface area contributed by atoms with E-state index in [9.17, 15) is 27.6 Å². The molecule has 3 amide bonds. The van der Waals surface area contributed by atoms with Gasteiger partial charge in [-0.05, 0) is 30.7 Å². The lowest BCUT2D eigenvalue weighted by atomic mass is 10.1. The molecule has 0 radical (unpaired) electrons. The van der Waals surface area contributed by atoms with Crippen molar-refractivity contribution < 1.29 is 27.6 Å². The number of ketones is 1. The first-order valence-corrected chi connectivity index (χ1v) is 7.04. The van der Waals surface area contributed by atoms with E-state index in [4.69, 9.17) is 0 Å². The zero-order valence-electron chi connectivity index (χ0n) is 13.1. The van der Waals surface area contributed by atoms with Gasteiger partial charge in [0.25, 0.3) is 5.91 Å². The first-order valence-electron chi connectivity index (χ1n) is 7.04. The van der Waals surface area contributed by atoms with Crippen molar-refractivity contribution in [2.75, 3.05) is 20.1 Å². The molecule has 0 aromatic heterocycles. The molecule has 0 spiro atoms. The highest BCUT2D eigenvalue weighted by molar-refractivity contribution is 6.05. The smallest absolute Gasteiger partial charge is 0.318 e. The lowest BCUT2D eigenvalue weighted by Crippen LogP contribution is -2.34. The highest BCUT2D eigenvalue weighted by Gasteiger charge is 2.34. The Balaban J connectivity index is 2.24. The summed E-state index contributed by atoms with van der Waals surface area (Å²) in [5.41, 5.74) is -0.261. The molecule has 0 atom stereocenters. The number of benzene rings is 1. The number of imide groups is 1. The average molecular weight is 340 g/mol. The highest BCUT2D eigenvalue weighted by atomic mass is 19.4. The van der Waals surface area contributed by atoms with E-state index in [0.717, 1.165) is 17.0 Å². The third-order valence-electron chi connectivity index (χ3n) is 3.59. The van der Waals surface area contributed by atoms with Crippen LogP contribution in [0, 0.1) is 0 Å². The van der Waals surface area contributed by atoms with Crippen LogP contribution in [0.3, 0.4) is 0 Å². The van der Waals surface area contributed by atoms with Crippen molar-refractivity contribution >= 4 is 23.8 Å². The Kier molecular flexibility index (Phi) is 4.77. The van der Waals surface area contributed by atoms with Gasteiger partial charge >= 0.3 is 12.2 Å². The van der Waals surface area contributed by atoms with Gasteiger partial charge in [0.2, 0.25) is 0 Å². The largest absolute Gasteiger partial charge is 0.416 e. The average Bonchev–Trinajstić information content (AvgIpc) is 2.72. The van der Waals surface area contributed by atoms with E-state index in [-0.39, 0.29) is 24.4 Å². The summed E-state index contributed by atoms with van der Waals surface area (Å²) in [4.78, 5) is 37.5. The molecule has 1 aliphatic heterocycles. The molecule has 1 fully saturated rings. The molecular weight excluding hydrogens is 325 g/mol. The topological polar surface area (TPSA) is 57.7 Å². The van der Waals surface area contributed by atoms with Gasteiger partial charge in [0.05, 0.1) is 12.1 Å². The van der Waals surface area contributed by atoms with E-state index in [1.165, 1.54) is 37.1 Å². The van der Waals surface area contributed by atoms with E-state index in [1.54, 1.807) is 0 Å². The summed E-state index contributed by atoms with van der Waals surface area (Å²) in [5, 5.41) is 0. The van der Waals surface area contributed by atoms with E-state index < -0.39 is 23.7 Å². The second-order valence-corrected chi connectivity index (χ2v) is 5.46. The van der Waals surface area contributed by atoms with Gasteiger partial charge < -0.3 is 4.90 Å². The Morgan fingerprint density at radius 2 is 1.79 bits per heavy atom. The van der Waals surface area contributed by atoms with Gasteiger partial charge in [0, 0.05) is 12.6 Å². The first kappa shape index (κ1) is 17.7. The van der Waals surface area contributed by atoms with Gasteiger partial charge in [-0.1, -0.05) is 12.1 Å². The number of carbonyl (C=O) groups is 3. The van der Waals surface area contributed by atoms with Crippen LogP contribution in [-0.2, 0) is 15.8 Å². The van der Waals surface area contributed by atoms with Crippen molar-refractivity contribution in [1.29, 1.82) is 0 Å². The second-order valence-electron chi connectivity index (χ2n) is 5.46. The van der Waals surface area contributed by atoms with Crippen molar-refractivity contribution in [1.82, 2.24) is 9.80 Å². The molecule has 0 unspecified atom stereocenters. The SMILES string of the molecule is CC(=O)/C(=C/c1ccc(C(F)(F)F)cc1)CN1C(=O)CN(C)C1=O. The van der Waals surface area contributed by atoms with Crippen LogP contribution in [-0.4, -0.2) is 47.7 Å². The van der Waals surface area contributed by atoms with Gasteiger partial charge in [-0.2, -0.15) is 13.2 Å². The number of rotatable bonds is 4. The summed E-state index contributed by atoms with van der Waals surface area (Å²) in [5.74, 6) is -0.799. The monoisotopic (exact) mass is 340 g/mol. The maximum Gasteiger partial charge on any atom is 0.416 e. The van der Waals surface area contributed by atoms with Crippen LogP contribution in [0.4, 0.5) is 18.0 Å². The van der Waals surface area contributed by atoms with Gasteiger partial charge in [-0.15, -0.1) is 0 Å². The molecule has 24 heavy (non-hydrogen) atoms. The van der Waals surface area contributed by atoms with Crippen LogP contribution in [0.15, 0.2) is 29.8 Å². The van der Waals surface area contributed by atoms with Crippen LogP contribution in [0.5, 0.6) is 0 Å².